The maximum absolute atomic E-state index is 14.2. The van der Waals surface area contributed by atoms with Crippen LogP contribution in [-0.4, -0.2) is 39.6 Å². The summed E-state index contributed by atoms with van der Waals surface area (Å²) in [4.78, 5) is 20.1. The van der Waals surface area contributed by atoms with Gasteiger partial charge in [-0.3, -0.25) is 4.79 Å². The Balaban J connectivity index is 1.38. The van der Waals surface area contributed by atoms with Crippen LogP contribution in [0, 0.1) is 11.7 Å². The minimum atomic E-state index is -0.524. The fourth-order valence-corrected chi connectivity index (χ4v) is 6.16. The molecule has 7 heteroatoms. The van der Waals surface area contributed by atoms with Crippen molar-refractivity contribution in [3.63, 3.8) is 0 Å². The number of carbonyl (C=O) groups is 1. The molecule has 1 saturated heterocycles. The topological polar surface area (TPSA) is 79.5 Å². The van der Waals surface area contributed by atoms with E-state index < -0.39 is 6.04 Å². The van der Waals surface area contributed by atoms with Crippen LogP contribution >= 0.6 is 11.3 Å². The van der Waals surface area contributed by atoms with Crippen LogP contribution in [0.15, 0.2) is 41.8 Å². The third-order valence-electron chi connectivity index (χ3n) is 7.02. The molecule has 1 aliphatic heterocycles. The number of aromatic nitrogens is 1. The molecule has 32 heavy (non-hydrogen) atoms. The monoisotopic (exact) mass is 453 g/mol. The normalized spacial score (nSPS) is 24.7. The molecular formula is C25H28FN3O2S. The molecule has 2 aromatic carbocycles. The average molecular weight is 454 g/mol. The Labute approximate surface area is 191 Å². The Hall–Kier alpha value is -2.35. The lowest BCUT2D eigenvalue weighted by atomic mass is 9.82. The van der Waals surface area contributed by atoms with E-state index >= 15 is 0 Å². The molecule has 5 nitrogen and oxygen atoms in total. The van der Waals surface area contributed by atoms with E-state index in [4.69, 9.17) is 10.7 Å². The zero-order valence-electron chi connectivity index (χ0n) is 17.9. The van der Waals surface area contributed by atoms with Gasteiger partial charge in [0.25, 0.3) is 0 Å². The smallest absolute Gasteiger partial charge is 0.240 e. The van der Waals surface area contributed by atoms with Crippen molar-refractivity contribution in [1.29, 1.82) is 0 Å². The second-order valence-corrected chi connectivity index (χ2v) is 9.89. The van der Waals surface area contributed by atoms with E-state index in [9.17, 15) is 14.3 Å². The van der Waals surface area contributed by atoms with E-state index in [1.165, 1.54) is 6.07 Å². The Morgan fingerprint density at radius 2 is 1.88 bits per heavy atom. The van der Waals surface area contributed by atoms with Crippen LogP contribution in [0.2, 0.25) is 0 Å². The zero-order valence-corrected chi connectivity index (χ0v) is 18.7. The number of benzene rings is 2. The van der Waals surface area contributed by atoms with Gasteiger partial charge in [0, 0.05) is 22.9 Å². The van der Waals surface area contributed by atoms with Gasteiger partial charge in [0.05, 0.1) is 23.9 Å². The van der Waals surface area contributed by atoms with Crippen molar-refractivity contribution < 1.29 is 14.3 Å². The maximum Gasteiger partial charge on any atom is 0.240 e. The molecule has 5 rings (SSSR count). The van der Waals surface area contributed by atoms with Crippen LogP contribution in [0.4, 0.5) is 4.39 Å². The highest BCUT2D eigenvalue weighted by molar-refractivity contribution is 7.10. The minimum absolute atomic E-state index is 0.00197. The first-order valence-electron chi connectivity index (χ1n) is 11.4. The van der Waals surface area contributed by atoms with Crippen LogP contribution < -0.4 is 5.73 Å². The number of hydrogen-bond donors (Lipinski definition) is 2. The molecule has 0 bridgehead atoms. The molecule has 0 spiro atoms. The van der Waals surface area contributed by atoms with E-state index in [-0.39, 0.29) is 29.8 Å². The summed E-state index contributed by atoms with van der Waals surface area (Å²) >= 11 is 1.55. The van der Waals surface area contributed by atoms with Crippen molar-refractivity contribution in [2.24, 2.45) is 11.7 Å². The standard InChI is InChI=1S/C25H28FN3O2S/c26-20-12-11-19(17-4-1-2-5-18(17)20)21-14-32-24(28-21)22-6-3-13-29(22)25(31)23(27)15-7-9-16(30)10-8-15/h1-2,4-5,11-12,14-16,22-23,30H,3,6-10,13,27H2/t15-,16-,22-,23-/m0/s1. The van der Waals surface area contributed by atoms with Gasteiger partial charge in [0.1, 0.15) is 10.8 Å². The van der Waals surface area contributed by atoms with Crippen molar-refractivity contribution in [1.82, 2.24) is 9.88 Å². The Kier molecular flexibility index (Phi) is 5.97. The van der Waals surface area contributed by atoms with Gasteiger partial charge in [-0.25, -0.2) is 9.37 Å². The maximum atomic E-state index is 14.2. The number of amides is 1. The van der Waals surface area contributed by atoms with Gasteiger partial charge < -0.3 is 15.7 Å². The summed E-state index contributed by atoms with van der Waals surface area (Å²) in [6.07, 6.45) is 4.58. The highest BCUT2D eigenvalue weighted by Crippen LogP contribution is 2.38. The van der Waals surface area contributed by atoms with Gasteiger partial charge in [-0.2, -0.15) is 0 Å². The van der Waals surface area contributed by atoms with E-state index in [0.717, 1.165) is 60.2 Å². The second kappa shape index (κ2) is 8.89. The lowest BCUT2D eigenvalue weighted by molar-refractivity contribution is -0.135. The molecule has 1 saturated carbocycles. The van der Waals surface area contributed by atoms with Crippen molar-refractivity contribution in [3.05, 3.63) is 52.6 Å². The molecular weight excluding hydrogens is 425 g/mol. The number of carbonyl (C=O) groups excluding carboxylic acids is 1. The molecule has 0 radical (unpaired) electrons. The van der Waals surface area contributed by atoms with E-state index in [1.807, 2.05) is 28.5 Å². The number of hydrogen-bond acceptors (Lipinski definition) is 5. The van der Waals surface area contributed by atoms with Crippen LogP contribution in [0.25, 0.3) is 22.0 Å². The summed E-state index contributed by atoms with van der Waals surface area (Å²) in [5.41, 5.74) is 8.12. The first-order valence-corrected chi connectivity index (χ1v) is 12.3. The Morgan fingerprint density at radius 3 is 2.66 bits per heavy atom. The Bertz CT molecular complexity index is 1130. The highest BCUT2D eigenvalue weighted by Gasteiger charge is 2.38. The minimum Gasteiger partial charge on any atom is -0.393 e. The van der Waals surface area contributed by atoms with E-state index in [2.05, 4.69) is 0 Å². The summed E-state index contributed by atoms with van der Waals surface area (Å²) in [6.45, 7) is 0.695. The summed E-state index contributed by atoms with van der Waals surface area (Å²) in [7, 11) is 0. The Morgan fingerprint density at radius 1 is 1.12 bits per heavy atom. The predicted molar refractivity (Wildman–Crippen MR) is 125 cm³/mol. The number of aliphatic hydroxyl groups excluding tert-OH is 1. The first-order chi connectivity index (χ1) is 15.5. The zero-order chi connectivity index (χ0) is 22.2. The highest BCUT2D eigenvalue weighted by atomic mass is 32.1. The van der Waals surface area contributed by atoms with Crippen molar-refractivity contribution >= 4 is 28.0 Å². The predicted octanol–water partition coefficient (Wildman–Crippen LogP) is 4.64. The molecule has 2 fully saturated rings. The third-order valence-corrected chi connectivity index (χ3v) is 7.97. The van der Waals surface area contributed by atoms with Gasteiger partial charge in [0.15, 0.2) is 0 Å². The molecule has 1 amide bonds. The van der Waals surface area contributed by atoms with Crippen LogP contribution in [-0.2, 0) is 4.79 Å². The SMILES string of the molecule is N[C@H](C(=O)N1CCC[C@H]1c1nc(-c2ccc(F)c3ccccc23)cs1)[C@H]1CC[C@H](O)CC1. The number of thiazole rings is 1. The van der Waals surface area contributed by atoms with Crippen LogP contribution in [0.5, 0.6) is 0 Å². The van der Waals surface area contributed by atoms with Crippen LogP contribution in [0.3, 0.4) is 0 Å². The third kappa shape index (κ3) is 3.93. The molecule has 3 N–H and O–H groups in total. The lowest BCUT2D eigenvalue weighted by Crippen LogP contribution is -2.48. The van der Waals surface area contributed by atoms with Crippen molar-refractivity contribution in [2.75, 3.05) is 6.54 Å². The van der Waals surface area contributed by atoms with Crippen molar-refractivity contribution in [2.45, 2.75) is 56.7 Å². The molecule has 1 aromatic heterocycles. The lowest BCUT2D eigenvalue weighted by Gasteiger charge is -2.33. The number of halogens is 1. The van der Waals surface area contributed by atoms with Crippen molar-refractivity contribution in [3.8, 4) is 11.3 Å². The largest absolute Gasteiger partial charge is 0.393 e. The molecule has 2 aliphatic rings. The second-order valence-electron chi connectivity index (χ2n) is 9.00. The number of rotatable bonds is 4. The van der Waals surface area contributed by atoms with E-state index in [0.29, 0.717) is 11.9 Å². The van der Waals surface area contributed by atoms with Crippen LogP contribution in [0.1, 0.15) is 49.6 Å². The van der Waals surface area contributed by atoms with Gasteiger partial charge in [-0.15, -0.1) is 11.3 Å². The summed E-state index contributed by atoms with van der Waals surface area (Å²) in [5, 5.41) is 14.1. The number of aliphatic hydroxyl groups is 1. The van der Waals surface area contributed by atoms with E-state index in [1.54, 1.807) is 23.5 Å². The summed E-state index contributed by atoms with van der Waals surface area (Å²) < 4.78 is 14.2. The molecule has 0 unspecified atom stereocenters. The van der Waals surface area contributed by atoms with Gasteiger partial charge in [-0.1, -0.05) is 24.3 Å². The van der Waals surface area contributed by atoms with Gasteiger partial charge in [0.2, 0.25) is 5.91 Å². The molecule has 2 heterocycles. The van der Waals surface area contributed by atoms with Gasteiger partial charge >= 0.3 is 0 Å². The molecule has 1 aliphatic carbocycles. The molecule has 2 atom stereocenters. The number of likely N-dealkylation sites (tertiary alicyclic amines) is 1. The number of nitrogens with zero attached hydrogens (tertiary/aromatic N) is 2. The first kappa shape index (κ1) is 21.5. The van der Waals surface area contributed by atoms with Gasteiger partial charge in [-0.05, 0) is 62.0 Å². The quantitative estimate of drug-likeness (QED) is 0.603. The number of nitrogens with two attached hydrogens (primary N) is 1. The average Bonchev–Trinajstić information content (AvgIpc) is 3.49. The molecule has 168 valence electrons. The molecule has 3 aromatic rings. The number of fused-ring (bicyclic) bond motifs is 1. The fraction of sp³-hybridized carbons (Fsp3) is 0.440. The summed E-state index contributed by atoms with van der Waals surface area (Å²) in [6, 6.07) is 10.1. The summed E-state index contributed by atoms with van der Waals surface area (Å²) in [5.74, 6) is -0.112. The fourth-order valence-electron chi connectivity index (χ4n) is 5.19.